The fourth-order valence-electron chi connectivity index (χ4n) is 4.51. The summed E-state index contributed by atoms with van der Waals surface area (Å²) in [5.74, 6) is 1.30. The van der Waals surface area contributed by atoms with Crippen molar-refractivity contribution in [1.29, 1.82) is 0 Å². The molecule has 2 aromatic carbocycles. The molecular weight excluding hydrogens is 440 g/mol. The fraction of sp³-hybridized carbons (Fsp3) is 0.517. The van der Waals surface area contributed by atoms with Gasteiger partial charge in [0.2, 0.25) is 11.8 Å². The fourth-order valence-corrected chi connectivity index (χ4v) is 4.51. The van der Waals surface area contributed by atoms with E-state index >= 15 is 0 Å². The lowest BCUT2D eigenvalue weighted by molar-refractivity contribution is -0.140. The quantitative estimate of drug-likeness (QED) is 0.453. The minimum atomic E-state index is -0.538. The first-order valence-electron chi connectivity index (χ1n) is 12.9. The van der Waals surface area contributed by atoms with Crippen LogP contribution in [0.5, 0.6) is 11.5 Å². The molecule has 1 N–H and O–H groups in total. The normalized spacial score (nSPS) is 14.4. The lowest BCUT2D eigenvalue weighted by Gasteiger charge is -2.30. The third-order valence-corrected chi connectivity index (χ3v) is 6.58. The number of benzene rings is 2. The Kier molecular flexibility index (Phi) is 10.0. The van der Waals surface area contributed by atoms with Crippen molar-refractivity contribution < 1.29 is 19.1 Å². The second kappa shape index (κ2) is 13.2. The van der Waals surface area contributed by atoms with Crippen molar-refractivity contribution >= 4 is 11.8 Å². The number of hydrogen-bond acceptors (Lipinski definition) is 4. The molecule has 0 spiro atoms. The van der Waals surface area contributed by atoms with Crippen molar-refractivity contribution in [3.05, 3.63) is 59.2 Å². The van der Waals surface area contributed by atoms with E-state index in [1.807, 2.05) is 70.2 Å². The average Bonchev–Trinajstić information content (AvgIpc) is 3.36. The zero-order chi connectivity index (χ0) is 25.2. The summed E-state index contributed by atoms with van der Waals surface area (Å²) in [4.78, 5) is 28.2. The molecule has 2 amide bonds. The van der Waals surface area contributed by atoms with Crippen LogP contribution >= 0.6 is 0 Å². The van der Waals surface area contributed by atoms with Crippen LogP contribution in [-0.4, -0.2) is 42.0 Å². The maximum Gasteiger partial charge on any atom is 0.242 e. The number of ether oxygens (including phenoxy) is 2. The summed E-state index contributed by atoms with van der Waals surface area (Å²) >= 11 is 0. The molecule has 0 bridgehead atoms. The molecular formula is C29H40N2O4. The van der Waals surface area contributed by atoms with Gasteiger partial charge in [-0.15, -0.1) is 0 Å². The molecule has 1 aliphatic rings. The molecule has 0 radical (unpaired) electrons. The SMILES string of the molecule is CCOc1ccc(CCC(=O)N(Cc2ccc(C)cc2)[C@H](C)C(=O)NC2CCCC2)cc1OCC. The molecule has 0 unspecified atom stereocenters. The number of aryl methyl sites for hydroxylation is 2. The highest BCUT2D eigenvalue weighted by Crippen LogP contribution is 2.29. The molecule has 1 saturated carbocycles. The van der Waals surface area contributed by atoms with Crippen LogP contribution in [0.4, 0.5) is 0 Å². The summed E-state index contributed by atoms with van der Waals surface area (Å²) in [7, 11) is 0. The molecule has 35 heavy (non-hydrogen) atoms. The van der Waals surface area contributed by atoms with Gasteiger partial charge in [-0.05, 0) is 70.2 Å². The lowest BCUT2D eigenvalue weighted by Crippen LogP contribution is -2.49. The van der Waals surface area contributed by atoms with Gasteiger partial charge in [-0.1, -0.05) is 48.7 Å². The highest BCUT2D eigenvalue weighted by atomic mass is 16.5. The number of nitrogens with zero attached hydrogens (tertiary/aromatic N) is 1. The highest BCUT2D eigenvalue weighted by Gasteiger charge is 2.28. The molecule has 0 aromatic heterocycles. The van der Waals surface area contributed by atoms with E-state index in [1.54, 1.807) is 4.90 Å². The Morgan fingerprint density at radius 3 is 2.26 bits per heavy atom. The molecule has 0 aliphatic heterocycles. The third-order valence-electron chi connectivity index (χ3n) is 6.58. The van der Waals surface area contributed by atoms with Crippen LogP contribution in [0.2, 0.25) is 0 Å². The van der Waals surface area contributed by atoms with Gasteiger partial charge in [-0.25, -0.2) is 0 Å². The van der Waals surface area contributed by atoms with Gasteiger partial charge in [0.1, 0.15) is 6.04 Å². The van der Waals surface area contributed by atoms with Crippen molar-refractivity contribution in [3.8, 4) is 11.5 Å². The first kappa shape index (κ1) is 26.6. The molecule has 0 heterocycles. The predicted octanol–water partition coefficient (Wildman–Crippen LogP) is 5.20. The molecule has 6 nitrogen and oxygen atoms in total. The van der Waals surface area contributed by atoms with Crippen LogP contribution in [-0.2, 0) is 22.6 Å². The van der Waals surface area contributed by atoms with Crippen LogP contribution in [0, 0.1) is 6.92 Å². The Hall–Kier alpha value is -3.02. The van der Waals surface area contributed by atoms with Crippen molar-refractivity contribution in [2.75, 3.05) is 13.2 Å². The van der Waals surface area contributed by atoms with Crippen molar-refractivity contribution in [3.63, 3.8) is 0 Å². The number of carbonyl (C=O) groups is 2. The molecule has 1 aliphatic carbocycles. The van der Waals surface area contributed by atoms with E-state index in [4.69, 9.17) is 9.47 Å². The van der Waals surface area contributed by atoms with Gasteiger partial charge in [0, 0.05) is 19.0 Å². The van der Waals surface area contributed by atoms with Gasteiger partial charge in [0.15, 0.2) is 11.5 Å². The summed E-state index contributed by atoms with van der Waals surface area (Å²) in [6.45, 7) is 9.26. The average molecular weight is 481 g/mol. The van der Waals surface area contributed by atoms with Gasteiger partial charge in [-0.2, -0.15) is 0 Å². The maximum absolute atomic E-state index is 13.4. The minimum absolute atomic E-state index is 0.0357. The zero-order valence-corrected chi connectivity index (χ0v) is 21.6. The van der Waals surface area contributed by atoms with Crippen LogP contribution in [0.15, 0.2) is 42.5 Å². The first-order valence-corrected chi connectivity index (χ1v) is 12.9. The number of carbonyl (C=O) groups excluding carboxylic acids is 2. The number of rotatable bonds is 12. The second-order valence-corrected chi connectivity index (χ2v) is 9.32. The lowest BCUT2D eigenvalue weighted by atomic mass is 10.1. The Bertz CT molecular complexity index is 967. The van der Waals surface area contributed by atoms with Crippen LogP contribution in [0.25, 0.3) is 0 Å². The number of hydrogen-bond donors (Lipinski definition) is 1. The summed E-state index contributed by atoms with van der Waals surface area (Å²) in [5, 5.41) is 3.16. The standard InChI is InChI=1S/C29H40N2O4/c1-5-34-26-17-15-23(19-27(26)35-6-2)16-18-28(32)31(20-24-13-11-21(3)12-14-24)22(4)29(33)30-25-9-7-8-10-25/h11-15,17,19,22,25H,5-10,16,18,20H2,1-4H3,(H,30,33)/t22-/m1/s1. The zero-order valence-electron chi connectivity index (χ0n) is 21.6. The van der Waals surface area contributed by atoms with E-state index in [9.17, 15) is 9.59 Å². The Morgan fingerprint density at radius 2 is 1.60 bits per heavy atom. The predicted molar refractivity (Wildman–Crippen MR) is 139 cm³/mol. The van der Waals surface area contributed by atoms with Crippen LogP contribution < -0.4 is 14.8 Å². The molecule has 6 heteroatoms. The van der Waals surface area contributed by atoms with Gasteiger partial charge in [0.05, 0.1) is 13.2 Å². The van der Waals surface area contributed by atoms with E-state index in [-0.39, 0.29) is 17.9 Å². The molecule has 190 valence electrons. The molecule has 2 aromatic rings. The Morgan fingerprint density at radius 1 is 0.971 bits per heavy atom. The van der Waals surface area contributed by atoms with Crippen molar-refractivity contribution in [2.45, 2.75) is 84.8 Å². The number of nitrogens with one attached hydrogen (secondary N) is 1. The number of amides is 2. The smallest absolute Gasteiger partial charge is 0.242 e. The van der Waals surface area contributed by atoms with E-state index in [1.165, 1.54) is 5.56 Å². The summed E-state index contributed by atoms with van der Waals surface area (Å²) in [6, 6.07) is 13.6. The summed E-state index contributed by atoms with van der Waals surface area (Å²) in [6.07, 6.45) is 5.21. The van der Waals surface area contributed by atoms with E-state index in [0.717, 1.165) is 36.8 Å². The Labute approximate surface area is 210 Å². The van der Waals surface area contributed by atoms with Crippen molar-refractivity contribution in [2.24, 2.45) is 0 Å². The molecule has 3 rings (SSSR count). The Balaban J connectivity index is 1.72. The summed E-state index contributed by atoms with van der Waals surface area (Å²) < 4.78 is 11.4. The van der Waals surface area contributed by atoms with Gasteiger partial charge >= 0.3 is 0 Å². The summed E-state index contributed by atoms with van der Waals surface area (Å²) in [5.41, 5.74) is 3.19. The second-order valence-electron chi connectivity index (χ2n) is 9.32. The molecule has 1 atom stereocenters. The van der Waals surface area contributed by atoms with Crippen LogP contribution in [0.1, 0.15) is 69.6 Å². The van der Waals surface area contributed by atoms with E-state index in [0.29, 0.717) is 44.1 Å². The van der Waals surface area contributed by atoms with Gasteiger partial charge in [0.25, 0.3) is 0 Å². The van der Waals surface area contributed by atoms with Crippen LogP contribution in [0.3, 0.4) is 0 Å². The molecule has 0 saturated heterocycles. The van der Waals surface area contributed by atoms with Gasteiger partial charge in [-0.3, -0.25) is 9.59 Å². The largest absolute Gasteiger partial charge is 0.490 e. The monoisotopic (exact) mass is 480 g/mol. The van der Waals surface area contributed by atoms with Crippen molar-refractivity contribution in [1.82, 2.24) is 10.2 Å². The topological polar surface area (TPSA) is 67.9 Å². The van der Waals surface area contributed by atoms with Gasteiger partial charge < -0.3 is 19.7 Å². The third kappa shape index (κ3) is 7.74. The minimum Gasteiger partial charge on any atom is -0.490 e. The molecule has 1 fully saturated rings. The maximum atomic E-state index is 13.4. The van der Waals surface area contributed by atoms with E-state index < -0.39 is 6.04 Å². The first-order chi connectivity index (χ1) is 16.9. The highest BCUT2D eigenvalue weighted by molar-refractivity contribution is 5.87. The van der Waals surface area contributed by atoms with E-state index in [2.05, 4.69) is 5.32 Å².